The smallest absolute Gasteiger partial charge is 0.125 e. The van der Waals surface area contributed by atoms with Crippen molar-refractivity contribution in [2.45, 2.75) is 31.7 Å². The summed E-state index contributed by atoms with van der Waals surface area (Å²) in [5.74, 6) is 0.340. The lowest BCUT2D eigenvalue weighted by Gasteiger charge is -2.37. The van der Waals surface area contributed by atoms with Gasteiger partial charge in [0.1, 0.15) is 5.82 Å². The van der Waals surface area contributed by atoms with Crippen molar-refractivity contribution in [1.82, 2.24) is 0 Å². The van der Waals surface area contributed by atoms with E-state index in [1.54, 1.807) is 6.07 Å². The van der Waals surface area contributed by atoms with Gasteiger partial charge >= 0.3 is 0 Å². The molecule has 0 saturated heterocycles. The molecule has 1 aliphatic rings. The van der Waals surface area contributed by atoms with Crippen LogP contribution in [0.4, 0.5) is 10.1 Å². The minimum absolute atomic E-state index is 0.258. The maximum Gasteiger partial charge on any atom is 0.125 e. The molecule has 1 saturated carbocycles. The molecule has 20 heavy (non-hydrogen) atoms. The lowest BCUT2D eigenvalue weighted by atomic mass is 9.75. The number of aryl methyl sites for hydroxylation is 1. The largest absolute Gasteiger partial charge is 0.381 e. The Kier molecular flexibility index (Phi) is 3.66. The molecule has 1 nitrogen and oxygen atoms in total. The first kappa shape index (κ1) is 13.4. The monoisotopic (exact) mass is 289 g/mol. The number of halogens is 2. The summed E-state index contributed by atoms with van der Waals surface area (Å²) in [4.78, 5) is 0. The Morgan fingerprint density at radius 3 is 2.50 bits per heavy atom. The van der Waals surface area contributed by atoms with E-state index in [9.17, 15) is 4.39 Å². The molecular weight excluding hydrogens is 273 g/mol. The number of benzene rings is 2. The van der Waals surface area contributed by atoms with E-state index in [0.29, 0.717) is 22.7 Å². The fraction of sp³-hybridized carbons (Fsp3) is 0.294. The fourth-order valence-corrected chi connectivity index (χ4v) is 2.85. The highest BCUT2D eigenvalue weighted by atomic mass is 35.5. The van der Waals surface area contributed by atoms with Gasteiger partial charge < -0.3 is 5.32 Å². The zero-order valence-electron chi connectivity index (χ0n) is 11.4. The first-order valence-corrected chi connectivity index (χ1v) is 7.28. The van der Waals surface area contributed by atoms with Gasteiger partial charge in [-0.05, 0) is 49.4 Å². The summed E-state index contributed by atoms with van der Waals surface area (Å²) in [5, 5.41) is 3.90. The summed E-state index contributed by atoms with van der Waals surface area (Å²) < 4.78 is 13.2. The molecule has 1 N–H and O–H groups in total. The summed E-state index contributed by atoms with van der Waals surface area (Å²) in [5.41, 5.74) is 3.37. The van der Waals surface area contributed by atoms with Gasteiger partial charge in [-0.3, -0.25) is 0 Å². The van der Waals surface area contributed by atoms with Crippen LogP contribution in [0, 0.1) is 12.7 Å². The minimum atomic E-state index is -0.258. The molecule has 0 atom stereocenters. The van der Waals surface area contributed by atoms with Crippen molar-refractivity contribution in [1.29, 1.82) is 0 Å². The van der Waals surface area contributed by atoms with Gasteiger partial charge in [0, 0.05) is 6.04 Å². The lowest BCUT2D eigenvalue weighted by molar-refractivity contribution is 0.374. The van der Waals surface area contributed by atoms with Crippen molar-refractivity contribution in [3.8, 4) is 0 Å². The molecule has 0 radical (unpaired) electrons. The van der Waals surface area contributed by atoms with Crippen molar-refractivity contribution < 1.29 is 4.39 Å². The topological polar surface area (TPSA) is 12.0 Å². The van der Waals surface area contributed by atoms with E-state index in [0.717, 1.165) is 12.8 Å². The van der Waals surface area contributed by atoms with E-state index in [1.165, 1.54) is 23.3 Å². The third-order valence-electron chi connectivity index (χ3n) is 3.97. The van der Waals surface area contributed by atoms with Gasteiger partial charge in [0.2, 0.25) is 0 Å². The first-order valence-electron chi connectivity index (χ1n) is 6.90. The van der Waals surface area contributed by atoms with E-state index in [-0.39, 0.29) is 5.82 Å². The SMILES string of the molecule is Cc1ccc(C2CC(Nc3cc(F)ccc3Cl)C2)cc1. The highest BCUT2D eigenvalue weighted by molar-refractivity contribution is 6.33. The van der Waals surface area contributed by atoms with Gasteiger partial charge in [-0.1, -0.05) is 41.4 Å². The maximum atomic E-state index is 13.2. The molecule has 1 aliphatic carbocycles. The summed E-state index contributed by atoms with van der Waals surface area (Å²) in [6, 6.07) is 13.5. The third-order valence-corrected chi connectivity index (χ3v) is 4.30. The summed E-state index contributed by atoms with van der Waals surface area (Å²) in [7, 11) is 0. The molecule has 0 aliphatic heterocycles. The quantitative estimate of drug-likeness (QED) is 0.824. The Labute approximate surface area is 123 Å². The second-order valence-electron chi connectivity index (χ2n) is 5.54. The fourth-order valence-electron chi connectivity index (χ4n) is 2.67. The Hall–Kier alpha value is -1.54. The predicted octanol–water partition coefficient (Wildman–Crippen LogP) is 5.15. The Balaban J connectivity index is 1.60. The molecule has 0 unspecified atom stereocenters. The molecule has 2 aromatic carbocycles. The molecule has 0 amide bonds. The first-order chi connectivity index (χ1) is 9.61. The van der Waals surface area contributed by atoms with E-state index >= 15 is 0 Å². The average Bonchev–Trinajstić information content (AvgIpc) is 2.39. The minimum Gasteiger partial charge on any atom is -0.381 e. The van der Waals surface area contributed by atoms with Crippen LogP contribution in [-0.4, -0.2) is 6.04 Å². The molecule has 2 aromatic rings. The number of rotatable bonds is 3. The van der Waals surface area contributed by atoms with Crippen molar-refractivity contribution in [2.75, 3.05) is 5.32 Å². The second kappa shape index (κ2) is 5.45. The van der Waals surface area contributed by atoms with Gasteiger partial charge in [0.25, 0.3) is 0 Å². The normalized spacial score (nSPS) is 21.4. The zero-order valence-corrected chi connectivity index (χ0v) is 12.1. The van der Waals surface area contributed by atoms with Crippen LogP contribution in [0.3, 0.4) is 0 Å². The molecule has 0 heterocycles. The van der Waals surface area contributed by atoms with Crippen LogP contribution in [-0.2, 0) is 0 Å². The van der Waals surface area contributed by atoms with Gasteiger partial charge in [-0.25, -0.2) is 4.39 Å². The highest BCUT2D eigenvalue weighted by Gasteiger charge is 2.30. The molecule has 0 spiro atoms. The average molecular weight is 290 g/mol. The number of anilines is 1. The number of hydrogen-bond acceptors (Lipinski definition) is 1. The van der Waals surface area contributed by atoms with Crippen LogP contribution in [0.25, 0.3) is 0 Å². The standard InChI is InChI=1S/C17H17ClFN/c1-11-2-4-12(5-3-11)13-8-15(9-13)20-17-10-14(19)6-7-16(17)18/h2-7,10,13,15,20H,8-9H2,1H3. The molecule has 3 rings (SSSR count). The van der Waals surface area contributed by atoms with Gasteiger partial charge in [0.05, 0.1) is 10.7 Å². The molecule has 104 valence electrons. The van der Waals surface area contributed by atoms with Crippen molar-refractivity contribution in [2.24, 2.45) is 0 Å². The summed E-state index contributed by atoms with van der Waals surface area (Å²) in [6.07, 6.45) is 2.13. The van der Waals surface area contributed by atoms with Crippen LogP contribution in [0.2, 0.25) is 5.02 Å². The number of nitrogens with one attached hydrogen (secondary N) is 1. The van der Waals surface area contributed by atoms with Crippen molar-refractivity contribution in [3.63, 3.8) is 0 Å². The van der Waals surface area contributed by atoms with Gasteiger partial charge in [0.15, 0.2) is 0 Å². The van der Waals surface area contributed by atoms with E-state index in [4.69, 9.17) is 11.6 Å². The van der Waals surface area contributed by atoms with E-state index in [1.807, 2.05) is 0 Å². The van der Waals surface area contributed by atoms with E-state index < -0.39 is 0 Å². The van der Waals surface area contributed by atoms with Gasteiger partial charge in [-0.15, -0.1) is 0 Å². The summed E-state index contributed by atoms with van der Waals surface area (Å²) >= 11 is 6.06. The molecule has 0 bridgehead atoms. The Morgan fingerprint density at radius 2 is 1.80 bits per heavy atom. The predicted molar refractivity (Wildman–Crippen MR) is 82.0 cm³/mol. The van der Waals surface area contributed by atoms with Gasteiger partial charge in [-0.2, -0.15) is 0 Å². The van der Waals surface area contributed by atoms with Crippen LogP contribution < -0.4 is 5.32 Å². The number of hydrogen-bond donors (Lipinski definition) is 1. The zero-order chi connectivity index (χ0) is 14.1. The Bertz CT molecular complexity index is 603. The summed E-state index contributed by atoms with van der Waals surface area (Å²) in [6.45, 7) is 2.10. The second-order valence-corrected chi connectivity index (χ2v) is 5.95. The molecule has 0 aromatic heterocycles. The molecular formula is C17H17ClFN. The molecule has 3 heteroatoms. The third kappa shape index (κ3) is 2.80. The van der Waals surface area contributed by atoms with E-state index in [2.05, 4.69) is 36.5 Å². The Morgan fingerprint density at radius 1 is 1.10 bits per heavy atom. The van der Waals surface area contributed by atoms with Crippen LogP contribution in [0.1, 0.15) is 29.9 Å². The highest BCUT2D eigenvalue weighted by Crippen LogP contribution is 2.39. The lowest BCUT2D eigenvalue weighted by Crippen LogP contribution is -2.34. The van der Waals surface area contributed by atoms with Crippen LogP contribution in [0.5, 0.6) is 0 Å². The van der Waals surface area contributed by atoms with Crippen molar-refractivity contribution >= 4 is 17.3 Å². The van der Waals surface area contributed by atoms with Crippen molar-refractivity contribution in [3.05, 3.63) is 64.4 Å². The molecule has 1 fully saturated rings. The van der Waals surface area contributed by atoms with Crippen LogP contribution >= 0.6 is 11.6 Å². The van der Waals surface area contributed by atoms with Crippen LogP contribution in [0.15, 0.2) is 42.5 Å². The maximum absolute atomic E-state index is 13.2.